The van der Waals surface area contributed by atoms with Gasteiger partial charge in [0.2, 0.25) is 5.91 Å². The SMILES string of the molecule is O=C(CCCOc1cccc2nc(-c3cn(-c4ccc(O)c(F)c4)nn3)ccc12)NCCCCCNC(=S)Nc1ccc2c(c1)C(=O)OC21c2ccc(O)cc2Oc2cc(O)ccc21. The Kier molecular flexibility index (Phi) is 11.4. The zero-order valence-corrected chi connectivity index (χ0v) is 34.8. The summed E-state index contributed by atoms with van der Waals surface area (Å²) in [5.41, 5.74) is 3.43. The Bertz CT molecular complexity index is 2910. The molecule has 0 saturated heterocycles. The Morgan fingerprint density at radius 2 is 1.56 bits per heavy atom. The predicted octanol–water partition coefficient (Wildman–Crippen LogP) is 7.74. The number of hydrogen-bond acceptors (Lipinski definition) is 12. The smallest absolute Gasteiger partial charge is 0.340 e. The van der Waals surface area contributed by atoms with Gasteiger partial charge in [0.25, 0.3) is 0 Å². The third kappa shape index (κ3) is 8.27. The minimum absolute atomic E-state index is 0.0184. The van der Waals surface area contributed by atoms with Crippen molar-refractivity contribution in [2.24, 2.45) is 0 Å². The first kappa shape index (κ1) is 41.6. The van der Waals surface area contributed by atoms with E-state index >= 15 is 0 Å². The van der Waals surface area contributed by atoms with Crippen LogP contribution < -0.4 is 25.4 Å². The van der Waals surface area contributed by atoms with Gasteiger partial charge in [0.1, 0.15) is 34.4 Å². The lowest BCUT2D eigenvalue weighted by Crippen LogP contribution is -2.33. The molecule has 6 N–H and O–H groups in total. The molecular weight excluding hydrogens is 842 g/mol. The van der Waals surface area contributed by atoms with Gasteiger partial charge in [0.15, 0.2) is 22.3 Å². The van der Waals surface area contributed by atoms with Crippen molar-refractivity contribution in [1.29, 1.82) is 0 Å². The first-order valence-corrected chi connectivity index (χ1v) is 20.9. The van der Waals surface area contributed by atoms with E-state index in [0.717, 1.165) is 24.6 Å². The van der Waals surface area contributed by atoms with Crippen molar-refractivity contribution in [3.8, 4) is 51.6 Å². The number of esters is 1. The fourth-order valence-corrected chi connectivity index (χ4v) is 8.08. The third-order valence-corrected chi connectivity index (χ3v) is 11.2. The monoisotopic (exact) mass is 881 g/mol. The summed E-state index contributed by atoms with van der Waals surface area (Å²) < 4.78 is 33.5. The molecule has 4 heterocycles. The Morgan fingerprint density at radius 1 is 0.812 bits per heavy atom. The maximum absolute atomic E-state index is 13.9. The average molecular weight is 882 g/mol. The van der Waals surface area contributed by atoms with Crippen molar-refractivity contribution in [3.63, 3.8) is 0 Å². The summed E-state index contributed by atoms with van der Waals surface area (Å²) in [4.78, 5) is 30.7. The van der Waals surface area contributed by atoms with Gasteiger partial charge >= 0.3 is 5.97 Å². The summed E-state index contributed by atoms with van der Waals surface area (Å²) in [5.74, 6) is -0.569. The first-order valence-electron chi connectivity index (χ1n) is 20.5. The Hall–Kier alpha value is -7.79. The summed E-state index contributed by atoms with van der Waals surface area (Å²) >= 11 is 5.53. The van der Waals surface area contributed by atoms with Gasteiger partial charge in [-0.3, -0.25) is 4.79 Å². The highest BCUT2D eigenvalue weighted by molar-refractivity contribution is 7.80. The Balaban J connectivity index is 0.690. The second-order valence-corrected chi connectivity index (χ2v) is 15.6. The molecule has 0 saturated carbocycles. The number of carbonyl (C=O) groups is 2. The van der Waals surface area contributed by atoms with E-state index in [1.807, 2.05) is 30.3 Å². The molecule has 324 valence electrons. The molecule has 2 aliphatic rings. The number of phenolic OH excluding ortho intramolecular Hbond substituents is 3. The summed E-state index contributed by atoms with van der Waals surface area (Å²) in [6, 6.07) is 27.7. The topological polar surface area (TPSA) is 202 Å². The van der Waals surface area contributed by atoms with E-state index in [-0.39, 0.29) is 17.4 Å². The van der Waals surface area contributed by atoms with Crippen LogP contribution in [0.1, 0.15) is 59.2 Å². The molecule has 0 bridgehead atoms. The number of halogens is 1. The van der Waals surface area contributed by atoms with Crippen LogP contribution in [0.3, 0.4) is 0 Å². The molecule has 5 aromatic carbocycles. The number of phenols is 3. The minimum Gasteiger partial charge on any atom is -0.508 e. The normalized spacial score (nSPS) is 13.0. The summed E-state index contributed by atoms with van der Waals surface area (Å²) in [5, 5.41) is 48.6. The molecule has 2 aromatic heterocycles. The lowest BCUT2D eigenvalue weighted by molar-refractivity contribution is -0.121. The number of benzene rings is 5. The number of ether oxygens (including phenoxy) is 3. The molecule has 1 amide bonds. The molecule has 0 fully saturated rings. The average Bonchev–Trinajstić information content (AvgIpc) is 3.89. The van der Waals surface area contributed by atoms with Crippen molar-refractivity contribution >= 4 is 45.8 Å². The molecule has 15 nitrogen and oxygen atoms in total. The number of nitrogens with zero attached hydrogens (tertiary/aromatic N) is 4. The number of thiocarbonyl (C=S) groups is 1. The van der Waals surface area contributed by atoms with Gasteiger partial charge in [0, 0.05) is 65.5 Å². The fraction of sp³-hybridized carbons (Fsp3) is 0.191. The van der Waals surface area contributed by atoms with E-state index < -0.39 is 23.1 Å². The van der Waals surface area contributed by atoms with Gasteiger partial charge in [-0.25, -0.2) is 18.9 Å². The number of amides is 1. The van der Waals surface area contributed by atoms with Crippen LogP contribution in [0.15, 0.2) is 109 Å². The van der Waals surface area contributed by atoms with Crippen LogP contribution in [0, 0.1) is 5.82 Å². The number of unbranched alkanes of at least 4 members (excludes halogenated alkanes) is 2. The van der Waals surface area contributed by atoms with Gasteiger partial charge < -0.3 is 45.5 Å². The number of aromatic hydroxyl groups is 3. The maximum Gasteiger partial charge on any atom is 0.340 e. The molecule has 64 heavy (non-hydrogen) atoms. The highest BCUT2D eigenvalue weighted by Gasteiger charge is 2.53. The van der Waals surface area contributed by atoms with Crippen molar-refractivity contribution in [1.82, 2.24) is 30.6 Å². The lowest BCUT2D eigenvalue weighted by Gasteiger charge is -2.36. The largest absolute Gasteiger partial charge is 0.508 e. The van der Waals surface area contributed by atoms with E-state index in [1.54, 1.807) is 36.5 Å². The van der Waals surface area contributed by atoms with E-state index in [1.165, 1.54) is 47.1 Å². The predicted molar refractivity (Wildman–Crippen MR) is 238 cm³/mol. The Morgan fingerprint density at radius 3 is 2.33 bits per heavy atom. The summed E-state index contributed by atoms with van der Waals surface area (Å²) in [7, 11) is 0. The minimum atomic E-state index is -1.34. The van der Waals surface area contributed by atoms with Gasteiger partial charge in [-0.15, -0.1) is 5.10 Å². The highest BCUT2D eigenvalue weighted by Crippen LogP contribution is 2.57. The molecule has 0 atom stereocenters. The number of hydrogen-bond donors (Lipinski definition) is 6. The number of pyridine rings is 1. The number of nitrogens with one attached hydrogen (secondary N) is 3. The van der Waals surface area contributed by atoms with Gasteiger partial charge in [0.05, 0.1) is 35.3 Å². The zero-order chi connectivity index (χ0) is 44.4. The van der Waals surface area contributed by atoms with E-state index in [0.29, 0.717) is 105 Å². The van der Waals surface area contributed by atoms with Crippen LogP contribution in [0.25, 0.3) is 28.0 Å². The number of aromatic nitrogens is 4. The fourth-order valence-electron chi connectivity index (χ4n) is 7.86. The Labute approximate surface area is 370 Å². The second-order valence-electron chi connectivity index (χ2n) is 15.2. The van der Waals surface area contributed by atoms with E-state index in [4.69, 9.17) is 31.4 Å². The molecule has 0 unspecified atom stereocenters. The van der Waals surface area contributed by atoms with Crippen LogP contribution in [0.4, 0.5) is 10.1 Å². The van der Waals surface area contributed by atoms with Crippen LogP contribution >= 0.6 is 12.2 Å². The lowest BCUT2D eigenvalue weighted by atomic mass is 9.77. The van der Waals surface area contributed by atoms with E-state index in [2.05, 4.69) is 26.3 Å². The van der Waals surface area contributed by atoms with Crippen LogP contribution in [-0.4, -0.2) is 72.0 Å². The third-order valence-electron chi connectivity index (χ3n) is 10.9. The second kappa shape index (κ2) is 17.5. The van der Waals surface area contributed by atoms with Crippen molar-refractivity contribution < 1.29 is 43.5 Å². The van der Waals surface area contributed by atoms with Crippen molar-refractivity contribution in [3.05, 3.63) is 137 Å². The van der Waals surface area contributed by atoms with Crippen LogP contribution in [0.2, 0.25) is 0 Å². The van der Waals surface area contributed by atoms with Gasteiger partial charge in [-0.05, 0) is 111 Å². The molecule has 2 aliphatic heterocycles. The molecule has 17 heteroatoms. The van der Waals surface area contributed by atoms with E-state index in [9.17, 15) is 29.3 Å². The van der Waals surface area contributed by atoms with Crippen molar-refractivity contribution in [2.75, 3.05) is 25.0 Å². The molecule has 9 rings (SSSR count). The number of carbonyl (C=O) groups excluding carboxylic acids is 2. The maximum atomic E-state index is 13.9. The van der Waals surface area contributed by atoms with Crippen LogP contribution in [-0.2, 0) is 15.1 Å². The zero-order valence-electron chi connectivity index (χ0n) is 34.0. The van der Waals surface area contributed by atoms with Crippen molar-refractivity contribution in [2.45, 2.75) is 37.7 Å². The summed E-state index contributed by atoms with van der Waals surface area (Å²) in [6.07, 6.45) is 4.96. The standard InChI is InChI=1S/C47H40FN7O8S/c48-36-23-28(10-18-40(36)58)55-26-39(53-54-55)38-17-13-31-37(52-38)6-4-7-41(31)61-21-5-8-44(59)49-19-2-1-3-20-50-46(64)51-27-9-14-33-32(22-27)45(60)63-47(33)34-15-11-29(56)24-42(34)62-43-25-30(57)12-16-35(43)47/h4,6-7,9-18,22-26,56-58H,1-3,5,8,19-21H2,(H,49,59)(H2,50,51,64). The number of rotatable bonds is 14. The number of fused-ring (bicyclic) bond motifs is 7. The first-order chi connectivity index (χ1) is 31.0. The number of anilines is 1. The van der Waals surface area contributed by atoms with Gasteiger partial charge in [-0.1, -0.05) is 17.3 Å². The van der Waals surface area contributed by atoms with Crippen LogP contribution in [0.5, 0.6) is 34.5 Å². The molecule has 1 spiro atoms. The molecular formula is C47H40FN7O8S. The van der Waals surface area contributed by atoms with Gasteiger partial charge in [-0.2, -0.15) is 0 Å². The molecule has 7 aromatic rings. The molecule has 0 radical (unpaired) electrons. The summed E-state index contributed by atoms with van der Waals surface area (Å²) in [6.45, 7) is 1.50. The molecule has 0 aliphatic carbocycles. The quantitative estimate of drug-likeness (QED) is 0.0352. The highest BCUT2D eigenvalue weighted by atomic mass is 32.1.